The predicted molar refractivity (Wildman–Crippen MR) is 90.5 cm³/mol. The molecule has 1 aliphatic heterocycles. The molecule has 1 aliphatic rings. The highest BCUT2D eigenvalue weighted by Crippen LogP contribution is 2.33. The minimum atomic E-state index is -4.44. The summed E-state index contributed by atoms with van der Waals surface area (Å²) in [5.74, 6) is 0. The fraction of sp³-hybridized carbons (Fsp3) is 0.412. The average molecular weight is 366 g/mol. The summed E-state index contributed by atoms with van der Waals surface area (Å²) in [6.45, 7) is 4.97. The second-order valence-corrected chi connectivity index (χ2v) is 6.84. The minimum absolute atomic E-state index is 0.0660. The van der Waals surface area contributed by atoms with Crippen LogP contribution in [0.3, 0.4) is 0 Å². The van der Waals surface area contributed by atoms with Crippen molar-refractivity contribution in [2.75, 3.05) is 31.1 Å². The van der Waals surface area contributed by atoms with E-state index in [1.807, 2.05) is 16.3 Å². The molecule has 0 aliphatic carbocycles. The quantitative estimate of drug-likeness (QED) is 0.826. The van der Waals surface area contributed by atoms with E-state index < -0.39 is 11.7 Å². The summed E-state index contributed by atoms with van der Waals surface area (Å²) in [6.07, 6.45) is -2.65. The highest BCUT2D eigenvalue weighted by molar-refractivity contribution is 7.09. The Kier molecular flexibility index (Phi) is 4.97. The maximum Gasteiger partial charge on any atom is 0.416 e. The van der Waals surface area contributed by atoms with Gasteiger partial charge in [-0.2, -0.15) is 18.4 Å². The monoisotopic (exact) mass is 366 g/mol. The summed E-state index contributed by atoms with van der Waals surface area (Å²) in [4.78, 5) is 8.62. The smallest absolute Gasteiger partial charge is 0.368 e. The summed E-state index contributed by atoms with van der Waals surface area (Å²) >= 11 is 1.62. The van der Waals surface area contributed by atoms with E-state index in [2.05, 4.69) is 16.8 Å². The van der Waals surface area contributed by atoms with Gasteiger partial charge in [-0.1, -0.05) is 0 Å². The molecule has 1 saturated heterocycles. The molecule has 3 rings (SSSR count). The Labute approximate surface area is 148 Å². The van der Waals surface area contributed by atoms with Crippen LogP contribution >= 0.6 is 11.3 Å². The number of piperazine rings is 1. The minimum Gasteiger partial charge on any atom is -0.368 e. The molecular formula is C17H17F3N4S. The zero-order valence-corrected chi connectivity index (χ0v) is 14.4. The molecule has 0 spiro atoms. The largest absolute Gasteiger partial charge is 0.416 e. The van der Waals surface area contributed by atoms with Gasteiger partial charge in [0.25, 0.3) is 0 Å². The van der Waals surface area contributed by atoms with Crippen molar-refractivity contribution in [3.63, 3.8) is 0 Å². The molecule has 2 aromatic rings. The zero-order valence-electron chi connectivity index (χ0n) is 13.6. The molecule has 25 heavy (non-hydrogen) atoms. The maximum absolute atomic E-state index is 12.8. The number of anilines is 1. The molecular weight excluding hydrogens is 349 g/mol. The van der Waals surface area contributed by atoms with Gasteiger partial charge in [0.2, 0.25) is 0 Å². The number of hydrogen-bond acceptors (Lipinski definition) is 5. The number of alkyl halides is 3. The summed E-state index contributed by atoms with van der Waals surface area (Å²) < 4.78 is 38.5. The third-order valence-electron chi connectivity index (χ3n) is 4.46. The van der Waals surface area contributed by atoms with E-state index >= 15 is 0 Å². The standard InChI is InChI=1S/C17H17F3N4S/c1-12(16-22-4-9-25-16)23-5-7-24(8-6-23)15-3-2-14(17(18,19)20)10-13(15)11-21/h2-4,9-10,12H,5-8H2,1H3. The highest BCUT2D eigenvalue weighted by Gasteiger charge is 2.32. The summed E-state index contributed by atoms with van der Waals surface area (Å²) in [6, 6.07) is 5.49. The molecule has 1 aromatic heterocycles. The fourth-order valence-corrected chi connectivity index (χ4v) is 3.75. The van der Waals surface area contributed by atoms with Gasteiger partial charge in [-0.3, -0.25) is 4.90 Å². The van der Waals surface area contributed by atoms with Gasteiger partial charge in [0, 0.05) is 37.8 Å². The molecule has 0 amide bonds. The molecule has 2 heterocycles. The molecule has 0 N–H and O–H groups in total. The van der Waals surface area contributed by atoms with E-state index in [9.17, 15) is 18.4 Å². The van der Waals surface area contributed by atoms with Crippen LogP contribution in [0, 0.1) is 11.3 Å². The summed E-state index contributed by atoms with van der Waals surface area (Å²) in [5.41, 5.74) is -0.155. The lowest BCUT2D eigenvalue weighted by atomic mass is 10.1. The molecule has 1 fully saturated rings. The van der Waals surface area contributed by atoms with Crippen LogP contribution in [0.1, 0.15) is 29.1 Å². The number of thiazole rings is 1. The van der Waals surface area contributed by atoms with Gasteiger partial charge in [-0.05, 0) is 25.1 Å². The second kappa shape index (κ2) is 7.02. The molecule has 8 heteroatoms. The number of nitrogens with zero attached hydrogens (tertiary/aromatic N) is 4. The van der Waals surface area contributed by atoms with Crippen molar-refractivity contribution >= 4 is 17.0 Å². The molecule has 0 radical (unpaired) electrons. The van der Waals surface area contributed by atoms with Gasteiger partial charge < -0.3 is 4.90 Å². The predicted octanol–water partition coefficient (Wildman–Crippen LogP) is 3.92. The fourth-order valence-electron chi connectivity index (χ4n) is 3.02. The Balaban J connectivity index is 1.72. The zero-order chi connectivity index (χ0) is 18.0. The van der Waals surface area contributed by atoms with Gasteiger partial charge in [-0.25, -0.2) is 4.98 Å². The number of halogens is 3. The van der Waals surface area contributed by atoms with Gasteiger partial charge in [0.1, 0.15) is 11.1 Å². The van der Waals surface area contributed by atoms with E-state index in [1.54, 1.807) is 17.5 Å². The van der Waals surface area contributed by atoms with E-state index in [-0.39, 0.29) is 11.6 Å². The summed E-state index contributed by atoms with van der Waals surface area (Å²) in [7, 11) is 0. The third kappa shape index (κ3) is 3.78. The summed E-state index contributed by atoms with van der Waals surface area (Å²) in [5, 5.41) is 12.2. The van der Waals surface area contributed by atoms with Crippen LogP contribution in [-0.4, -0.2) is 36.1 Å². The van der Waals surface area contributed by atoms with E-state index in [0.717, 1.165) is 30.2 Å². The number of nitriles is 1. The van der Waals surface area contributed by atoms with Gasteiger partial charge in [0.05, 0.1) is 22.9 Å². The first-order valence-corrected chi connectivity index (χ1v) is 8.78. The second-order valence-electron chi connectivity index (χ2n) is 5.91. The topological polar surface area (TPSA) is 43.2 Å². The SMILES string of the molecule is CC(c1nccs1)N1CCN(c2ccc(C(F)(F)F)cc2C#N)CC1. The lowest BCUT2D eigenvalue weighted by Crippen LogP contribution is -2.47. The van der Waals surface area contributed by atoms with Gasteiger partial charge in [0.15, 0.2) is 0 Å². The van der Waals surface area contributed by atoms with Crippen molar-refractivity contribution < 1.29 is 13.2 Å². The maximum atomic E-state index is 12.8. The van der Waals surface area contributed by atoms with Crippen LogP contribution in [0.25, 0.3) is 0 Å². The molecule has 0 saturated carbocycles. The van der Waals surface area contributed by atoms with E-state index in [4.69, 9.17) is 0 Å². The first-order valence-electron chi connectivity index (χ1n) is 7.90. The van der Waals surface area contributed by atoms with Crippen molar-refractivity contribution in [1.82, 2.24) is 9.88 Å². The van der Waals surface area contributed by atoms with Crippen LogP contribution in [0.2, 0.25) is 0 Å². The molecule has 1 atom stereocenters. The Morgan fingerprint density at radius 3 is 2.52 bits per heavy atom. The van der Waals surface area contributed by atoms with E-state index in [1.165, 1.54) is 6.07 Å². The van der Waals surface area contributed by atoms with Crippen LogP contribution < -0.4 is 4.90 Å². The van der Waals surface area contributed by atoms with E-state index in [0.29, 0.717) is 18.8 Å². The molecule has 132 valence electrons. The highest BCUT2D eigenvalue weighted by atomic mass is 32.1. The van der Waals surface area contributed by atoms with Crippen molar-refractivity contribution in [2.45, 2.75) is 19.1 Å². The first kappa shape index (κ1) is 17.7. The lowest BCUT2D eigenvalue weighted by molar-refractivity contribution is -0.137. The number of benzene rings is 1. The van der Waals surface area contributed by atoms with Crippen molar-refractivity contribution in [3.05, 3.63) is 45.9 Å². The van der Waals surface area contributed by atoms with Gasteiger partial charge in [-0.15, -0.1) is 11.3 Å². The van der Waals surface area contributed by atoms with Crippen LogP contribution in [0.15, 0.2) is 29.8 Å². The van der Waals surface area contributed by atoms with Crippen molar-refractivity contribution in [2.24, 2.45) is 0 Å². The van der Waals surface area contributed by atoms with Crippen LogP contribution in [-0.2, 0) is 6.18 Å². The van der Waals surface area contributed by atoms with Crippen molar-refractivity contribution in [1.29, 1.82) is 5.26 Å². The van der Waals surface area contributed by atoms with Crippen molar-refractivity contribution in [3.8, 4) is 6.07 Å². The number of hydrogen-bond donors (Lipinski definition) is 0. The van der Waals surface area contributed by atoms with Crippen LogP contribution in [0.4, 0.5) is 18.9 Å². The molecule has 1 unspecified atom stereocenters. The molecule has 0 bridgehead atoms. The average Bonchev–Trinajstić information content (AvgIpc) is 3.14. The Morgan fingerprint density at radius 2 is 1.96 bits per heavy atom. The Morgan fingerprint density at radius 1 is 1.24 bits per heavy atom. The lowest BCUT2D eigenvalue weighted by Gasteiger charge is -2.38. The Bertz CT molecular complexity index is 759. The van der Waals surface area contributed by atoms with Gasteiger partial charge >= 0.3 is 6.18 Å². The molecule has 4 nitrogen and oxygen atoms in total. The normalized spacial score (nSPS) is 17.3. The number of aromatic nitrogens is 1. The first-order chi connectivity index (χ1) is 11.9. The third-order valence-corrected chi connectivity index (χ3v) is 5.40. The number of rotatable bonds is 3. The van der Waals surface area contributed by atoms with Crippen LogP contribution in [0.5, 0.6) is 0 Å². The Hall–Kier alpha value is -2.11. The molecule has 1 aromatic carbocycles.